The fraction of sp³-hybridized carbons (Fsp3) is 0.611. The molecule has 1 saturated heterocycles. The highest BCUT2D eigenvalue weighted by atomic mass is 16.3. The lowest BCUT2D eigenvalue weighted by molar-refractivity contribution is -0.133. The van der Waals surface area contributed by atoms with Crippen LogP contribution in [0.25, 0.3) is 0 Å². The Morgan fingerprint density at radius 3 is 2.50 bits per heavy atom. The van der Waals surface area contributed by atoms with Gasteiger partial charge in [-0.2, -0.15) is 0 Å². The molecule has 1 aliphatic heterocycles. The second kappa shape index (κ2) is 8.91. The first-order valence-electron chi connectivity index (χ1n) is 8.34. The molecule has 1 N–H and O–H groups in total. The monoisotopic (exact) mass is 304 g/mol. The third-order valence-electron chi connectivity index (χ3n) is 4.43. The van der Waals surface area contributed by atoms with Gasteiger partial charge in [0.05, 0.1) is 6.61 Å². The molecule has 1 heterocycles. The summed E-state index contributed by atoms with van der Waals surface area (Å²) in [7, 11) is 0. The van der Waals surface area contributed by atoms with E-state index >= 15 is 0 Å². The van der Waals surface area contributed by atoms with Crippen LogP contribution in [0.1, 0.15) is 25.3 Å². The van der Waals surface area contributed by atoms with Crippen molar-refractivity contribution >= 4 is 5.91 Å². The molecule has 4 nitrogen and oxygen atoms in total. The predicted octanol–water partition coefficient (Wildman–Crippen LogP) is 1.78. The normalized spacial score (nSPS) is 17.5. The van der Waals surface area contributed by atoms with Crippen LogP contribution in [0.2, 0.25) is 0 Å². The van der Waals surface area contributed by atoms with Crippen molar-refractivity contribution in [2.75, 3.05) is 39.3 Å². The molecule has 4 heteroatoms. The number of benzene rings is 1. The minimum Gasteiger partial charge on any atom is -0.395 e. The SMILES string of the molecule is C[C@@H](CCc1ccccc1)CC(=O)N1CCN(CCO)CC1. The first kappa shape index (κ1) is 17.0. The van der Waals surface area contributed by atoms with Crippen LogP contribution in [-0.4, -0.2) is 60.1 Å². The molecule has 0 saturated carbocycles. The van der Waals surface area contributed by atoms with E-state index in [-0.39, 0.29) is 12.5 Å². The van der Waals surface area contributed by atoms with Gasteiger partial charge in [0.25, 0.3) is 0 Å². The van der Waals surface area contributed by atoms with Crippen molar-refractivity contribution in [3.05, 3.63) is 35.9 Å². The van der Waals surface area contributed by atoms with Gasteiger partial charge in [0.15, 0.2) is 0 Å². The molecule has 1 amide bonds. The van der Waals surface area contributed by atoms with Crippen LogP contribution >= 0.6 is 0 Å². The highest BCUT2D eigenvalue weighted by Crippen LogP contribution is 2.15. The summed E-state index contributed by atoms with van der Waals surface area (Å²) in [6, 6.07) is 10.5. The van der Waals surface area contributed by atoms with E-state index < -0.39 is 0 Å². The average molecular weight is 304 g/mol. The Labute approximate surface area is 133 Å². The molecule has 1 aromatic rings. The first-order chi connectivity index (χ1) is 10.7. The van der Waals surface area contributed by atoms with Crippen molar-refractivity contribution in [3.63, 3.8) is 0 Å². The number of piperazine rings is 1. The first-order valence-corrected chi connectivity index (χ1v) is 8.34. The number of hydrogen-bond donors (Lipinski definition) is 1. The lowest BCUT2D eigenvalue weighted by atomic mass is 9.97. The van der Waals surface area contributed by atoms with E-state index in [0.29, 0.717) is 12.3 Å². The molecule has 0 unspecified atom stereocenters. The smallest absolute Gasteiger partial charge is 0.222 e. The molecule has 1 atom stereocenters. The summed E-state index contributed by atoms with van der Waals surface area (Å²) >= 11 is 0. The van der Waals surface area contributed by atoms with E-state index in [1.807, 2.05) is 11.0 Å². The topological polar surface area (TPSA) is 43.8 Å². The summed E-state index contributed by atoms with van der Waals surface area (Å²) in [5.74, 6) is 0.701. The Morgan fingerprint density at radius 1 is 1.18 bits per heavy atom. The third-order valence-corrected chi connectivity index (χ3v) is 4.43. The van der Waals surface area contributed by atoms with E-state index in [2.05, 4.69) is 36.1 Å². The molecular weight excluding hydrogens is 276 g/mol. The second-order valence-electron chi connectivity index (χ2n) is 6.28. The Morgan fingerprint density at radius 2 is 1.86 bits per heavy atom. The van der Waals surface area contributed by atoms with Crippen molar-refractivity contribution in [3.8, 4) is 0 Å². The number of nitrogens with zero attached hydrogens (tertiary/aromatic N) is 2. The molecule has 2 rings (SSSR count). The number of hydrogen-bond acceptors (Lipinski definition) is 3. The standard InChI is InChI=1S/C18H28N2O2/c1-16(7-8-17-5-3-2-4-6-17)15-18(22)20-11-9-19(10-12-20)13-14-21/h2-6,16,21H,7-15H2,1H3/t16-/m0/s1. The van der Waals surface area contributed by atoms with Gasteiger partial charge in [0.2, 0.25) is 5.91 Å². The average Bonchev–Trinajstić information content (AvgIpc) is 2.55. The number of β-amino-alcohol motifs (C(OH)–C–C–N with tert-alkyl or cyclic N) is 1. The molecule has 0 aromatic heterocycles. The zero-order valence-corrected chi connectivity index (χ0v) is 13.6. The molecule has 22 heavy (non-hydrogen) atoms. The van der Waals surface area contributed by atoms with Gasteiger partial charge in [-0.15, -0.1) is 0 Å². The Balaban J connectivity index is 1.68. The maximum atomic E-state index is 12.3. The van der Waals surface area contributed by atoms with Gasteiger partial charge < -0.3 is 10.0 Å². The summed E-state index contributed by atoms with van der Waals surface area (Å²) in [6.45, 7) is 6.44. The molecule has 1 aromatic carbocycles. The minimum atomic E-state index is 0.199. The van der Waals surface area contributed by atoms with Gasteiger partial charge in [0.1, 0.15) is 0 Å². The summed E-state index contributed by atoms with van der Waals surface area (Å²) in [5, 5.41) is 8.94. The predicted molar refractivity (Wildman–Crippen MR) is 88.6 cm³/mol. The number of aliphatic hydroxyl groups excluding tert-OH is 1. The number of aryl methyl sites for hydroxylation is 1. The number of carbonyl (C=O) groups is 1. The lowest BCUT2D eigenvalue weighted by Gasteiger charge is -2.34. The summed E-state index contributed by atoms with van der Waals surface area (Å²) in [6.07, 6.45) is 2.74. The molecule has 0 aliphatic carbocycles. The van der Waals surface area contributed by atoms with Crippen molar-refractivity contribution in [1.29, 1.82) is 0 Å². The second-order valence-corrected chi connectivity index (χ2v) is 6.28. The molecule has 1 aliphatic rings. The molecule has 122 valence electrons. The molecule has 0 spiro atoms. The largest absolute Gasteiger partial charge is 0.395 e. The van der Waals surface area contributed by atoms with Gasteiger partial charge in [-0.1, -0.05) is 37.3 Å². The number of carbonyl (C=O) groups excluding carboxylic acids is 1. The summed E-state index contributed by atoms with van der Waals surface area (Å²) in [5.41, 5.74) is 1.35. The van der Waals surface area contributed by atoms with Crippen molar-refractivity contribution in [2.24, 2.45) is 5.92 Å². The van der Waals surface area contributed by atoms with Crippen LogP contribution < -0.4 is 0 Å². The van der Waals surface area contributed by atoms with Gasteiger partial charge in [-0.05, 0) is 24.3 Å². The van der Waals surface area contributed by atoms with Gasteiger partial charge in [0, 0.05) is 39.1 Å². The zero-order chi connectivity index (χ0) is 15.8. The van der Waals surface area contributed by atoms with Crippen molar-refractivity contribution in [2.45, 2.75) is 26.2 Å². The van der Waals surface area contributed by atoms with E-state index in [0.717, 1.165) is 45.6 Å². The van der Waals surface area contributed by atoms with Crippen LogP contribution in [0.15, 0.2) is 30.3 Å². The van der Waals surface area contributed by atoms with Gasteiger partial charge in [-0.3, -0.25) is 9.69 Å². The van der Waals surface area contributed by atoms with E-state index in [1.165, 1.54) is 5.56 Å². The van der Waals surface area contributed by atoms with Crippen molar-refractivity contribution < 1.29 is 9.90 Å². The van der Waals surface area contributed by atoms with E-state index in [1.54, 1.807) is 0 Å². The molecular formula is C18H28N2O2. The highest BCUT2D eigenvalue weighted by molar-refractivity contribution is 5.76. The van der Waals surface area contributed by atoms with Crippen LogP contribution in [-0.2, 0) is 11.2 Å². The van der Waals surface area contributed by atoms with Crippen molar-refractivity contribution in [1.82, 2.24) is 9.80 Å². The Hall–Kier alpha value is -1.39. The van der Waals surface area contributed by atoms with Gasteiger partial charge in [-0.25, -0.2) is 0 Å². The lowest BCUT2D eigenvalue weighted by Crippen LogP contribution is -2.49. The number of aliphatic hydroxyl groups is 1. The molecule has 0 bridgehead atoms. The van der Waals surface area contributed by atoms with Gasteiger partial charge >= 0.3 is 0 Å². The third kappa shape index (κ3) is 5.43. The quantitative estimate of drug-likeness (QED) is 0.835. The Bertz CT molecular complexity index is 442. The maximum absolute atomic E-state index is 12.3. The maximum Gasteiger partial charge on any atom is 0.222 e. The summed E-state index contributed by atoms with van der Waals surface area (Å²) < 4.78 is 0. The van der Waals surface area contributed by atoms with E-state index in [4.69, 9.17) is 5.11 Å². The van der Waals surface area contributed by atoms with Crippen LogP contribution in [0.5, 0.6) is 0 Å². The van der Waals surface area contributed by atoms with Crippen LogP contribution in [0, 0.1) is 5.92 Å². The number of rotatable bonds is 7. The highest BCUT2D eigenvalue weighted by Gasteiger charge is 2.21. The number of amides is 1. The fourth-order valence-corrected chi connectivity index (χ4v) is 2.95. The zero-order valence-electron chi connectivity index (χ0n) is 13.6. The van der Waals surface area contributed by atoms with Crippen LogP contribution in [0.3, 0.4) is 0 Å². The van der Waals surface area contributed by atoms with E-state index in [9.17, 15) is 4.79 Å². The Kier molecular flexibility index (Phi) is 6.87. The van der Waals surface area contributed by atoms with Crippen LogP contribution in [0.4, 0.5) is 0 Å². The summed E-state index contributed by atoms with van der Waals surface area (Å²) in [4.78, 5) is 16.5. The fourth-order valence-electron chi connectivity index (χ4n) is 2.95. The minimum absolute atomic E-state index is 0.199. The molecule has 0 radical (unpaired) electrons. The molecule has 1 fully saturated rings.